The Labute approximate surface area is 109 Å². The van der Waals surface area contributed by atoms with Gasteiger partial charge in [0.15, 0.2) is 0 Å². The zero-order valence-corrected chi connectivity index (χ0v) is 11.8. The number of hydrogen-bond acceptors (Lipinski definition) is 2. The van der Waals surface area contributed by atoms with Crippen molar-refractivity contribution in [3.05, 3.63) is 0 Å². The van der Waals surface area contributed by atoms with E-state index in [0.717, 1.165) is 0 Å². The zero-order chi connectivity index (χ0) is 15.5. The van der Waals surface area contributed by atoms with E-state index in [4.69, 9.17) is 0 Å². The Morgan fingerprint density at radius 3 is 1.89 bits per heavy atom. The molecule has 0 fully saturated rings. The summed E-state index contributed by atoms with van der Waals surface area (Å²) in [6, 6.07) is -0.666. The number of nitrogens with zero attached hydrogens (tertiary/aromatic N) is 1. The minimum atomic E-state index is -5.87. The monoisotopic (exact) mass is 311 g/mol. The van der Waals surface area contributed by atoms with E-state index in [-0.39, 0.29) is 6.54 Å². The summed E-state index contributed by atoms with van der Waals surface area (Å²) >= 11 is 0. The minimum Gasteiger partial charge on any atom is -0.212 e. The molecule has 0 heterocycles. The normalized spacial score (nSPS) is 14.4. The summed E-state index contributed by atoms with van der Waals surface area (Å²) in [5, 5.41) is 0. The topological polar surface area (TPSA) is 37.4 Å². The molecule has 9 heteroatoms. The van der Waals surface area contributed by atoms with Gasteiger partial charge in [0.2, 0.25) is 10.0 Å². The Hall–Kier alpha value is -0.440. The first-order valence-electron chi connectivity index (χ1n) is 5.79. The van der Waals surface area contributed by atoms with Crippen molar-refractivity contribution in [2.45, 2.75) is 51.8 Å². The fourth-order valence-electron chi connectivity index (χ4n) is 1.43. The summed E-state index contributed by atoms with van der Waals surface area (Å²) in [7, 11) is -4.67. The van der Waals surface area contributed by atoms with Crippen LogP contribution < -0.4 is 0 Å². The van der Waals surface area contributed by atoms with Gasteiger partial charge in [-0.3, -0.25) is 0 Å². The molecule has 19 heavy (non-hydrogen) atoms. The lowest BCUT2D eigenvalue weighted by Gasteiger charge is -2.28. The number of hydrogen-bond donors (Lipinski definition) is 0. The lowest BCUT2D eigenvalue weighted by molar-refractivity contribution is -0.271. The molecule has 0 aromatic carbocycles. The van der Waals surface area contributed by atoms with Crippen LogP contribution in [-0.2, 0) is 10.0 Å². The molecule has 0 atom stereocenters. The molecule has 0 radical (unpaired) electrons. The van der Waals surface area contributed by atoms with Gasteiger partial charge in [-0.1, -0.05) is 13.3 Å². The van der Waals surface area contributed by atoms with Gasteiger partial charge in [-0.15, -0.1) is 0 Å². The minimum absolute atomic E-state index is 0.0650. The van der Waals surface area contributed by atoms with Crippen LogP contribution in [0.15, 0.2) is 0 Å². The van der Waals surface area contributed by atoms with Gasteiger partial charge >= 0.3 is 12.1 Å². The largest absolute Gasteiger partial charge is 0.454 e. The molecule has 116 valence electrons. The van der Waals surface area contributed by atoms with Crippen LogP contribution in [0.2, 0.25) is 0 Å². The Kier molecular flexibility index (Phi) is 6.19. The molecular formula is C10H18F5NO2S. The second-order valence-electron chi connectivity index (χ2n) is 4.52. The molecule has 0 N–H and O–H groups in total. The first-order chi connectivity index (χ1) is 8.35. The standard InChI is InChI=1S/C10H18F5NO2S/c1-4-5-6-16(8(2)3)19(17,18)7-9(11,12)10(13,14)15/h8H,4-7H2,1-3H3. The maximum Gasteiger partial charge on any atom is 0.454 e. The van der Waals surface area contributed by atoms with E-state index in [2.05, 4.69) is 0 Å². The van der Waals surface area contributed by atoms with E-state index in [1.807, 2.05) is 0 Å². The maximum absolute atomic E-state index is 12.8. The van der Waals surface area contributed by atoms with Gasteiger partial charge in [-0.05, 0) is 20.3 Å². The van der Waals surface area contributed by atoms with E-state index < -0.39 is 33.9 Å². The van der Waals surface area contributed by atoms with Gasteiger partial charge in [0.25, 0.3) is 0 Å². The molecule has 0 amide bonds. The molecule has 3 nitrogen and oxygen atoms in total. The highest BCUT2D eigenvalue weighted by Gasteiger charge is 2.60. The molecule has 0 saturated carbocycles. The van der Waals surface area contributed by atoms with Gasteiger partial charge in [-0.2, -0.15) is 26.3 Å². The smallest absolute Gasteiger partial charge is 0.212 e. The fraction of sp³-hybridized carbons (Fsp3) is 1.00. The Bertz CT molecular complexity index is 378. The van der Waals surface area contributed by atoms with Crippen molar-refractivity contribution in [3.63, 3.8) is 0 Å². The summed E-state index contributed by atoms with van der Waals surface area (Å²) in [4.78, 5) is 0. The number of halogens is 5. The Morgan fingerprint density at radius 2 is 1.58 bits per heavy atom. The first kappa shape index (κ1) is 18.6. The van der Waals surface area contributed by atoms with Crippen molar-refractivity contribution < 1.29 is 30.4 Å². The lowest BCUT2D eigenvalue weighted by atomic mass is 10.3. The molecular weight excluding hydrogens is 293 g/mol. The molecule has 0 aliphatic rings. The number of sulfonamides is 1. The average Bonchev–Trinajstić information content (AvgIpc) is 2.13. The van der Waals surface area contributed by atoms with Crippen LogP contribution in [0, 0.1) is 0 Å². The summed E-state index contributed by atoms with van der Waals surface area (Å²) in [5.41, 5.74) is 0. The third kappa shape index (κ3) is 5.21. The molecule has 0 unspecified atom stereocenters. The highest BCUT2D eigenvalue weighted by Crippen LogP contribution is 2.37. The molecule has 0 aliphatic carbocycles. The highest BCUT2D eigenvalue weighted by atomic mass is 32.2. The second kappa shape index (κ2) is 6.34. The van der Waals surface area contributed by atoms with Crippen molar-refractivity contribution in [1.29, 1.82) is 0 Å². The molecule has 0 aliphatic heterocycles. The van der Waals surface area contributed by atoms with E-state index in [1.54, 1.807) is 6.92 Å². The predicted octanol–water partition coefficient (Wildman–Crippen LogP) is 3.02. The van der Waals surface area contributed by atoms with Crippen LogP contribution >= 0.6 is 0 Å². The van der Waals surface area contributed by atoms with Crippen molar-refractivity contribution in [1.82, 2.24) is 4.31 Å². The summed E-state index contributed by atoms with van der Waals surface area (Å²) in [6.07, 6.45) is -4.86. The third-order valence-electron chi connectivity index (χ3n) is 2.44. The van der Waals surface area contributed by atoms with Crippen molar-refractivity contribution in [2.24, 2.45) is 0 Å². The van der Waals surface area contributed by atoms with Gasteiger partial charge in [-0.25, -0.2) is 8.42 Å². The van der Waals surface area contributed by atoms with E-state index in [9.17, 15) is 30.4 Å². The van der Waals surface area contributed by atoms with Crippen LogP contribution in [0.25, 0.3) is 0 Å². The third-order valence-corrected chi connectivity index (χ3v) is 4.49. The summed E-state index contributed by atoms with van der Waals surface area (Å²) in [5.74, 6) is -7.49. The lowest BCUT2D eigenvalue weighted by Crippen LogP contribution is -2.48. The Morgan fingerprint density at radius 1 is 1.11 bits per heavy atom. The van der Waals surface area contributed by atoms with Gasteiger partial charge in [0.1, 0.15) is 5.75 Å². The van der Waals surface area contributed by atoms with E-state index >= 15 is 0 Å². The molecule has 0 bridgehead atoms. The quantitative estimate of drug-likeness (QED) is 0.678. The van der Waals surface area contributed by atoms with Crippen molar-refractivity contribution in [2.75, 3.05) is 12.3 Å². The SMILES string of the molecule is CCCCN(C(C)C)S(=O)(=O)CC(F)(F)C(F)(F)F. The summed E-state index contributed by atoms with van der Waals surface area (Å²) in [6.45, 7) is 4.55. The summed E-state index contributed by atoms with van der Waals surface area (Å²) < 4.78 is 85.9. The van der Waals surface area contributed by atoms with E-state index in [1.165, 1.54) is 13.8 Å². The van der Waals surface area contributed by atoms with Crippen molar-refractivity contribution in [3.8, 4) is 0 Å². The second-order valence-corrected chi connectivity index (χ2v) is 6.44. The van der Waals surface area contributed by atoms with Gasteiger partial charge < -0.3 is 0 Å². The number of rotatable bonds is 7. The average molecular weight is 311 g/mol. The zero-order valence-electron chi connectivity index (χ0n) is 11.0. The van der Waals surface area contributed by atoms with Crippen LogP contribution in [0.3, 0.4) is 0 Å². The van der Waals surface area contributed by atoms with Crippen LogP contribution in [-0.4, -0.2) is 43.2 Å². The maximum atomic E-state index is 12.8. The predicted molar refractivity (Wildman–Crippen MR) is 61.5 cm³/mol. The molecule has 0 spiro atoms. The van der Waals surface area contributed by atoms with E-state index in [0.29, 0.717) is 17.1 Å². The molecule has 0 rings (SSSR count). The van der Waals surface area contributed by atoms with Crippen LogP contribution in [0.5, 0.6) is 0 Å². The van der Waals surface area contributed by atoms with Crippen LogP contribution in [0.4, 0.5) is 22.0 Å². The number of unbranched alkanes of at least 4 members (excludes halogenated alkanes) is 1. The number of alkyl halides is 5. The molecule has 0 aromatic rings. The Balaban J connectivity index is 5.13. The fourth-order valence-corrected chi connectivity index (χ4v) is 3.26. The molecule has 0 saturated heterocycles. The highest BCUT2D eigenvalue weighted by molar-refractivity contribution is 7.89. The van der Waals surface area contributed by atoms with Gasteiger partial charge in [0, 0.05) is 12.6 Å². The van der Waals surface area contributed by atoms with Gasteiger partial charge in [0.05, 0.1) is 0 Å². The molecule has 0 aromatic heterocycles. The van der Waals surface area contributed by atoms with Crippen LogP contribution in [0.1, 0.15) is 33.6 Å². The first-order valence-corrected chi connectivity index (χ1v) is 7.40. The van der Waals surface area contributed by atoms with Crippen molar-refractivity contribution >= 4 is 10.0 Å².